The molecule has 1 heterocycles. The summed E-state index contributed by atoms with van der Waals surface area (Å²) in [5, 5.41) is 3.58. The Hall–Kier alpha value is -2.44. The molecule has 100 valence electrons. The first-order valence-corrected chi connectivity index (χ1v) is 5.62. The number of nitrogens with one attached hydrogen (secondary N) is 1. The second kappa shape index (κ2) is 5.05. The lowest BCUT2D eigenvalue weighted by Crippen LogP contribution is -2.30. The van der Waals surface area contributed by atoms with E-state index in [0.29, 0.717) is 5.75 Å². The van der Waals surface area contributed by atoms with Gasteiger partial charge < -0.3 is 4.74 Å². The molecule has 0 unspecified atom stereocenters. The van der Waals surface area contributed by atoms with E-state index >= 15 is 0 Å². The van der Waals surface area contributed by atoms with Gasteiger partial charge in [-0.25, -0.2) is 9.18 Å². The van der Waals surface area contributed by atoms with Gasteiger partial charge in [-0.1, -0.05) is 0 Å². The number of rotatable bonds is 3. The molecule has 6 nitrogen and oxygen atoms in total. The van der Waals surface area contributed by atoms with E-state index in [9.17, 15) is 14.0 Å². The number of hydrogen-bond donors (Lipinski definition) is 1. The maximum atomic E-state index is 13.9. The van der Waals surface area contributed by atoms with Crippen molar-refractivity contribution in [1.82, 2.24) is 14.8 Å². The second-order valence-electron chi connectivity index (χ2n) is 4.13. The molecule has 7 heteroatoms. The van der Waals surface area contributed by atoms with Gasteiger partial charge in [0.15, 0.2) is 5.82 Å². The van der Waals surface area contributed by atoms with Gasteiger partial charge in [-0.3, -0.25) is 9.78 Å². The van der Waals surface area contributed by atoms with Crippen molar-refractivity contribution in [3.63, 3.8) is 0 Å². The van der Waals surface area contributed by atoms with Crippen LogP contribution >= 0.6 is 0 Å². The molecule has 19 heavy (non-hydrogen) atoms. The third-order valence-electron chi connectivity index (χ3n) is 2.23. The molecule has 0 atom stereocenters. The lowest BCUT2D eigenvalue weighted by atomic mass is 10.3. The van der Waals surface area contributed by atoms with Crippen LogP contribution in [0, 0.1) is 5.82 Å². The van der Waals surface area contributed by atoms with Crippen molar-refractivity contribution < 1.29 is 9.13 Å². The fourth-order valence-corrected chi connectivity index (χ4v) is 1.53. The van der Waals surface area contributed by atoms with Gasteiger partial charge in [0.1, 0.15) is 17.6 Å². The quantitative estimate of drug-likeness (QED) is 0.892. The largest absolute Gasteiger partial charge is 0.491 e. The van der Waals surface area contributed by atoms with Gasteiger partial charge in [0.05, 0.1) is 6.10 Å². The minimum Gasteiger partial charge on any atom is -0.491 e. The molecule has 0 aliphatic carbocycles. The second-order valence-corrected chi connectivity index (χ2v) is 4.13. The topological polar surface area (TPSA) is 77.0 Å². The van der Waals surface area contributed by atoms with Crippen LogP contribution in [0.25, 0.3) is 5.69 Å². The molecule has 0 fully saturated rings. The van der Waals surface area contributed by atoms with E-state index in [-0.39, 0.29) is 11.8 Å². The molecule has 0 amide bonds. The molecule has 0 radical (unpaired) electrons. The van der Waals surface area contributed by atoms with E-state index in [0.717, 1.165) is 16.9 Å². The van der Waals surface area contributed by atoms with E-state index in [2.05, 4.69) is 5.10 Å². The fourth-order valence-electron chi connectivity index (χ4n) is 1.53. The van der Waals surface area contributed by atoms with Crippen molar-refractivity contribution in [2.24, 2.45) is 0 Å². The summed E-state index contributed by atoms with van der Waals surface area (Å²) in [5.41, 5.74) is -1.50. The van der Waals surface area contributed by atoms with Crippen LogP contribution in [0.2, 0.25) is 0 Å². The highest BCUT2D eigenvalue weighted by molar-refractivity contribution is 5.38. The van der Waals surface area contributed by atoms with Crippen molar-refractivity contribution in [2.45, 2.75) is 20.0 Å². The first-order chi connectivity index (χ1) is 8.97. The standard InChI is InChI=1S/C12H12FN3O3/c1-7(2)19-8-3-4-10(9(13)5-8)16-12(18)15-11(17)6-14-16/h3-7H,1-2H3,(H,15,17,18). The maximum absolute atomic E-state index is 13.9. The maximum Gasteiger partial charge on any atom is 0.349 e. The van der Waals surface area contributed by atoms with E-state index in [1.807, 2.05) is 18.8 Å². The van der Waals surface area contributed by atoms with Crippen molar-refractivity contribution in [3.05, 3.63) is 51.1 Å². The van der Waals surface area contributed by atoms with Crippen molar-refractivity contribution >= 4 is 0 Å². The summed E-state index contributed by atoms with van der Waals surface area (Å²) < 4.78 is 20.0. The third-order valence-corrected chi connectivity index (χ3v) is 2.23. The summed E-state index contributed by atoms with van der Waals surface area (Å²) in [6.45, 7) is 3.64. The van der Waals surface area contributed by atoms with Crippen molar-refractivity contribution in [3.8, 4) is 11.4 Å². The van der Waals surface area contributed by atoms with Crippen molar-refractivity contribution in [2.75, 3.05) is 0 Å². The highest BCUT2D eigenvalue weighted by Gasteiger charge is 2.10. The van der Waals surface area contributed by atoms with Gasteiger partial charge in [-0.15, -0.1) is 0 Å². The minimum atomic E-state index is -0.802. The predicted octanol–water partition coefficient (Wildman–Crippen LogP) is 0.847. The summed E-state index contributed by atoms with van der Waals surface area (Å²) in [7, 11) is 0. The van der Waals surface area contributed by atoms with E-state index in [1.165, 1.54) is 12.1 Å². The molecule has 0 saturated carbocycles. The molecule has 0 saturated heterocycles. The first-order valence-electron chi connectivity index (χ1n) is 5.62. The number of H-pyrrole nitrogens is 1. The number of ether oxygens (including phenoxy) is 1. The molecular formula is C12H12FN3O3. The van der Waals surface area contributed by atoms with Gasteiger partial charge in [0.2, 0.25) is 0 Å². The summed E-state index contributed by atoms with van der Waals surface area (Å²) in [6.07, 6.45) is 0.818. The van der Waals surface area contributed by atoms with E-state index < -0.39 is 17.1 Å². The molecular weight excluding hydrogens is 253 g/mol. The normalized spacial score (nSPS) is 10.7. The van der Waals surface area contributed by atoms with Crippen LogP contribution < -0.4 is 16.0 Å². The Morgan fingerprint density at radius 1 is 1.37 bits per heavy atom. The monoisotopic (exact) mass is 265 g/mol. The molecule has 1 aromatic heterocycles. The van der Waals surface area contributed by atoms with Gasteiger partial charge >= 0.3 is 5.69 Å². The van der Waals surface area contributed by atoms with Crippen LogP contribution in [0.4, 0.5) is 4.39 Å². The Morgan fingerprint density at radius 2 is 2.11 bits per heavy atom. The smallest absolute Gasteiger partial charge is 0.349 e. The zero-order valence-electron chi connectivity index (χ0n) is 10.4. The van der Waals surface area contributed by atoms with Crippen LogP contribution in [-0.2, 0) is 0 Å². The minimum absolute atomic E-state index is 0.0580. The molecule has 0 bridgehead atoms. The molecule has 1 aromatic carbocycles. The highest BCUT2D eigenvalue weighted by Crippen LogP contribution is 2.19. The SMILES string of the molecule is CC(C)Oc1ccc(-n2ncc(=O)[nH]c2=O)c(F)c1. The van der Waals surface area contributed by atoms with Crippen LogP contribution in [0.15, 0.2) is 34.0 Å². The molecule has 0 spiro atoms. The summed E-state index contributed by atoms with van der Waals surface area (Å²) in [5.74, 6) is -0.312. The van der Waals surface area contributed by atoms with Gasteiger partial charge in [-0.2, -0.15) is 9.78 Å². The Morgan fingerprint density at radius 3 is 2.68 bits per heavy atom. The number of nitrogens with zero attached hydrogens (tertiary/aromatic N) is 2. The van der Waals surface area contributed by atoms with Crippen molar-refractivity contribution in [1.29, 1.82) is 0 Å². The summed E-state index contributed by atoms with van der Waals surface area (Å²) in [4.78, 5) is 24.4. The Balaban J connectivity index is 2.46. The van der Waals surface area contributed by atoms with E-state index in [4.69, 9.17) is 4.74 Å². The Kier molecular flexibility index (Phi) is 3.46. The van der Waals surface area contributed by atoms with Crippen LogP contribution in [0.5, 0.6) is 5.75 Å². The molecule has 1 N–H and O–H groups in total. The number of hydrogen-bond acceptors (Lipinski definition) is 4. The summed E-state index contributed by atoms with van der Waals surface area (Å²) >= 11 is 0. The van der Waals surface area contributed by atoms with Crippen LogP contribution in [0.3, 0.4) is 0 Å². The summed E-state index contributed by atoms with van der Waals surface area (Å²) in [6, 6.07) is 4.05. The molecule has 0 aliphatic rings. The van der Waals surface area contributed by atoms with Crippen LogP contribution in [-0.4, -0.2) is 20.9 Å². The predicted molar refractivity (Wildman–Crippen MR) is 66.2 cm³/mol. The molecule has 2 aromatic rings. The molecule has 2 rings (SSSR count). The third kappa shape index (κ3) is 2.87. The van der Waals surface area contributed by atoms with Gasteiger partial charge in [-0.05, 0) is 26.0 Å². The van der Waals surface area contributed by atoms with Gasteiger partial charge in [0, 0.05) is 6.07 Å². The zero-order chi connectivity index (χ0) is 14.0. The number of aromatic nitrogens is 3. The molecule has 0 aliphatic heterocycles. The Bertz CT molecular complexity index is 706. The van der Waals surface area contributed by atoms with Crippen LogP contribution in [0.1, 0.15) is 13.8 Å². The fraction of sp³-hybridized carbons (Fsp3) is 0.250. The Labute approximate surface area is 107 Å². The lowest BCUT2D eigenvalue weighted by Gasteiger charge is -2.11. The highest BCUT2D eigenvalue weighted by atomic mass is 19.1. The zero-order valence-corrected chi connectivity index (χ0v) is 10.4. The number of benzene rings is 1. The lowest BCUT2D eigenvalue weighted by molar-refractivity contribution is 0.241. The van der Waals surface area contributed by atoms with E-state index in [1.54, 1.807) is 0 Å². The number of aromatic amines is 1. The van der Waals surface area contributed by atoms with Gasteiger partial charge in [0.25, 0.3) is 5.56 Å². The average molecular weight is 265 g/mol. The number of halogens is 1. The first kappa shape index (κ1) is 13.0. The average Bonchev–Trinajstić information content (AvgIpc) is 2.30.